The normalized spacial score (nSPS) is 13.1. The van der Waals surface area contributed by atoms with Crippen LogP contribution in [0.25, 0.3) is 110 Å². The molecule has 3 heteroatoms. The van der Waals surface area contributed by atoms with Crippen molar-refractivity contribution in [2.45, 2.75) is 19.3 Å². The minimum Gasteiger partial charge on any atom is -0.208 e. The Morgan fingerprint density at radius 2 is 0.729 bits per heavy atom. The summed E-state index contributed by atoms with van der Waals surface area (Å²) in [6, 6.07) is 67.9. The van der Waals surface area contributed by atoms with E-state index in [1.165, 1.54) is 54.9 Å². The summed E-state index contributed by atoms with van der Waals surface area (Å²) in [5, 5.41) is 11.5. The monoisotopic (exact) mass is 751 g/mol. The third-order valence-electron chi connectivity index (χ3n) is 12.7. The van der Waals surface area contributed by atoms with Crippen molar-refractivity contribution >= 4 is 53.9 Å². The topological polar surface area (TPSA) is 38.7 Å². The van der Waals surface area contributed by atoms with Gasteiger partial charge in [-0.1, -0.05) is 178 Å². The highest BCUT2D eigenvalue weighted by molar-refractivity contribution is 6.15. The average Bonchev–Trinajstić information content (AvgIpc) is 3.53. The highest BCUT2D eigenvalue weighted by Gasteiger charge is 2.35. The minimum absolute atomic E-state index is 0.0627. The molecule has 1 aliphatic rings. The van der Waals surface area contributed by atoms with Gasteiger partial charge in [-0.25, -0.2) is 15.0 Å². The van der Waals surface area contributed by atoms with Crippen LogP contribution in [0, 0.1) is 0 Å². The summed E-state index contributed by atoms with van der Waals surface area (Å²) in [5.41, 5.74) is 10.7. The number of benzene rings is 10. The first-order valence-electron chi connectivity index (χ1n) is 20.4. The molecule has 0 saturated carbocycles. The van der Waals surface area contributed by atoms with E-state index in [1.54, 1.807) is 0 Å². The molecule has 12 rings (SSSR count). The lowest BCUT2D eigenvalue weighted by Gasteiger charge is -2.22. The summed E-state index contributed by atoms with van der Waals surface area (Å²) in [6.45, 7) is 4.68. The smallest absolute Gasteiger partial charge is 0.164 e. The fourth-order valence-electron chi connectivity index (χ4n) is 9.76. The van der Waals surface area contributed by atoms with Crippen LogP contribution in [0.1, 0.15) is 25.0 Å². The fraction of sp³-hybridized carbons (Fsp3) is 0.0536. The van der Waals surface area contributed by atoms with Gasteiger partial charge in [0.05, 0.1) is 0 Å². The van der Waals surface area contributed by atoms with Crippen molar-refractivity contribution in [3.63, 3.8) is 0 Å². The standard InChI is InChI=1S/C56H37N3/c1-56(2)51-25-12-11-23-46(51)47-29-27-35(33-52(47)56)34-26-28-41-36(30-34)16-13-24-48(41)53-57-54(49-31-37-14-3-5-17-39(37)42-19-7-9-21-44(42)49)59-55(58-53)50-32-38-15-4-6-18-40(38)43-20-8-10-22-45(43)50/h3-33H,1-2H3. The molecule has 276 valence electrons. The summed E-state index contributed by atoms with van der Waals surface area (Å²) < 4.78 is 0. The van der Waals surface area contributed by atoms with Crippen LogP contribution < -0.4 is 0 Å². The average molecular weight is 752 g/mol. The maximum Gasteiger partial charge on any atom is 0.164 e. The number of rotatable bonds is 4. The number of nitrogens with zero attached hydrogens (tertiary/aromatic N) is 3. The second-order valence-corrected chi connectivity index (χ2v) is 16.4. The molecule has 1 aromatic heterocycles. The van der Waals surface area contributed by atoms with Gasteiger partial charge in [-0.05, 0) is 112 Å². The van der Waals surface area contributed by atoms with E-state index in [0.29, 0.717) is 17.5 Å². The van der Waals surface area contributed by atoms with Crippen molar-refractivity contribution in [2.24, 2.45) is 0 Å². The molecule has 0 aliphatic heterocycles. The first-order chi connectivity index (χ1) is 29.0. The third kappa shape index (κ3) is 5.18. The van der Waals surface area contributed by atoms with Crippen molar-refractivity contribution in [3.05, 3.63) is 199 Å². The first-order valence-corrected chi connectivity index (χ1v) is 20.4. The van der Waals surface area contributed by atoms with Crippen LogP contribution in [0.2, 0.25) is 0 Å². The van der Waals surface area contributed by atoms with Gasteiger partial charge in [0.15, 0.2) is 17.5 Å². The molecule has 0 unspecified atom stereocenters. The lowest BCUT2D eigenvalue weighted by Crippen LogP contribution is -2.14. The van der Waals surface area contributed by atoms with Crippen LogP contribution in [0.3, 0.4) is 0 Å². The Bertz CT molecular complexity index is 3410. The van der Waals surface area contributed by atoms with E-state index in [0.717, 1.165) is 49.0 Å². The largest absolute Gasteiger partial charge is 0.208 e. The van der Waals surface area contributed by atoms with Gasteiger partial charge >= 0.3 is 0 Å². The Morgan fingerprint density at radius 1 is 0.288 bits per heavy atom. The molecule has 0 saturated heterocycles. The molecule has 3 nitrogen and oxygen atoms in total. The number of fused-ring (bicyclic) bond motifs is 10. The molecule has 0 radical (unpaired) electrons. The predicted octanol–water partition coefficient (Wildman–Crippen LogP) is 14.6. The van der Waals surface area contributed by atoms with E-state index in [2.05, 4.69) is 202 Å². The van der Waals surface area contributed by atoms with Gasteiger partial charge in [0, 0.05) is 22.1 Å². The van der Waals surface area contributed by atoms with Crippen LogP contribution in [-0.4, -0.2) is 15.0 Å². The maximum absolute atomic E-state index is 5.38. The van der Waals surface area contributed by atoms with Crippen LogP contribution >= 0.6 is 0 Å². The molecule has 0 spiro atoms. The molecule has 11 aromatic rings. The first kappa shape index (κ1) is 33.6. The lowest BCUT2D eigenvalue weighted by molar-refractivity contribution is 0.660. The van der Waals surface area contributed by atoms with Gasteiger partial charge < -0.3 is 0 Å². The summed E-state index contributed by atoms with van der Waals surface area (Å²) in [5.74, 6) is 1.95. The Morgan fingerprint density at radius 3 is 1.37 bits per heavy atom. The highest BCUT2D eigenvalue weighted by Crippen LogP contribution is 2.50. The minimum atomic E-state index is -0.0627. The van der Waals surface area contributed by atoms with Crippen LogP contribution in [0.4, 0.5) is 0 Å². The predicted molar refractivity (Wildman–Crippen MR) is 247 cm³/mol. The zero-order valence-corrected chi connectivity index (χ0v) is 32.7. The van der Waals surface area contributed by atoms with E-state index in [9.17, 15) is 0 Å². The van der Waals surface area contributed by atoms with Gasteiger partial charge in [0.2, 0.25) is 0 Å². The van der Waals surface area contributed by atoms with Gasteiger partial charge in [-0.15, -0.1) is 0 Å². The van der Waals surface area contributed by atoms with E-state index in [-0.39, 0.29) is 5.41 Å². The Kier molecular flexibility index (Phi) is 7.27. The Hall–Kier alpha value is -7.49. The van der Waals surface area contributed by atoms with Gasteiger partial charge in [0.25, 0.3) is 0 Å². The molecule has 0 amide bonds. The Balaban J connectivity index is 1.07. The molecule has 1 aliphatic carbocycles. The molecule has 10 aromatic carbocycles. The lowest BCUT2D eigenvalue weighted by atomic mass is 9.81. The summed E-state index contributed by atoms with van der Waals surface area (Å²) in [6.07, 6.45) is 0. The van der Waals surface area contributed by atoms with Crippen molar-refractivity contribution in [2.75, 3.05) is 0 Å². The molecule has 59 heavy (non-hydrogen) atoms. The molecular formula is C56H37N3. The van der Waals surface area contributed by atoms with Gasteiger partial charge in [0.1, 0.15) is 0 Å². The molecule has 0 fully saturated rings. The number of hydrogen-bond acceptors (Lipinski definition) is 3. The number of aromatic nitrogens is 3. The zero-order valence-electron chi connectivity index (χ0n) is 32.7. The molecule has 0 N–H and O–H groups in total. The molecular weight excluding hydrogens is 715 g/mol. The van der Waals surface area contributed by atoms with Gasteiger partial charge in [-0.2, -0.15) is 0 Å². The van der Waals surface area contributed by atoms with Crippen LogP contribution in [0.5, 0.6) is 0 Å². The quantitative estimate of drug-likeness (QED) is 0.168. The highest BCUT2D eigenvalue weighted by atomic mass is 15.0. The zero-order chi connectivity index (χ0) is 39.2. The maximum atomic E-state index is 5.38. The summed E-state index contributed by atoms with van der Waals surface area (Å²) >= 11 is 0. The van der Waals surface area contributed by atoms with E-state index in [4.69, 9.17) is 15.0 Å². The van der Waals surface area contributed by atoms with E-state index >= 15 is 0 Å². The summed E-state index contributed by atoms with van der Waals surface area (Å²) in [7, 11) is 0. The van der Waals surface area contributed by atoms with E-state index < -0.39 is 0 Å². The van der Waals surface area contributed by atoms with Crippen molar-refractivity contribution in [1.82, 2.24) is 15.0 Å². The van der Waals surface area contributed by atoms with Crippen molar-refractivity contribution < 1.29 is 0 Å². The second-order valence-electron chi connectivity index (χ2n) is 16.4. The molecule has 0 atom stereocenters. The third-order valence-corrected chi connectivity index (χ3v) is 12.7. The van der Waals surface area contributed by atoms with E-state index in [1.807, 2.05) is 0 Å². The van der Waals surface area contributed by atoms with Crippen molar-refractivity contribution in [3.8, 4) is 56.4 Å². The number of hydrogen-bond donors (Lipinski definition) is 0. The second kappa shape index (κ2) is 12.8. The molecule has 1 heterocycles. The van der Waals surface area contributed by atoms with Gasteiger partial charge in [-0.3, -0.25) is 0 Å². The molecule has 0 bridgehead atoms. The summed E-state index contributed by atoms with van der Waals surface area (Å²) in [4.78, 5) is 16.1. The fourth-order valence-corrected chi connectivity index (χ4v) is 9.76. The Labute approximate surface area is 342 Å². The van der Waals surface area contributed by atoms with Crippen LogP contribution in [-0.2, 0) is 5.41 Å². The van der Waals surface area contributed by atoms with Crippen molar-refractivity contribution in [1.29, 1.82) is 0 Å². The SMILES string of the molecule is CC1(C)c2ccccc2-c2ccc(-c3ccc4c(-c5nc(-c6cc7ccccc7c7ccccc67)nc(-c6cc7ccccc7c7ccccc67)n5)cccc4c3)cc21. The van der Waals surface area contributed by atoms with Crippen LogP contribution in [0.15, 0.2) is 188 Å².